The van der Waals surface area contributed by atoms with E-state index in [0.717, 1.165) is 11.1 Å². The van der Waals surface area contributed by atoms with Gasteiger partial charge in [0.15, 0.2) is 0 Å². The van der Waals surface area contributed by atoms with E-state index in [1.54, 1.807) is 13.0 Å². The Morgan fingerprint density at radius 2 is 2.13 bits per heavy atom. The van der Waals surface area contributed by atoms with Gasteiger partial charge in [0.1, 0.15) is 0 Å². The van der Waals surface area contributed by atoms with Gasteiger partial charge >= 0.3 is 0 Å². The van der Waals surface area contributed by atoms with Gasteiger partial charge < -0.3 is 10.4 Å². The van der Waals surface area contributed by atoms with Crippen molar-refractivity contribution in [3.63, 3.8) is 0 Å². The van der Waals surface area contributed by atoms with Crippen molar-refractivity contribution in [1.29, 1.82) is 0 Å². The highest BCUT2D eigenvalue weighted by molar-refractivity contribution is 5.96. The number of carbonyl (C=O) groups is 1. The summed E-state index contributed by atoms with van der Waals surface area (Å²) in [5, 5.41) is 11.6. The maximum atomic E-state index is 11.8. The van der Waals surface area contributed by atoms with Crippen molar-refractivity contribution in [3.05, 3.63) is 34.9 Å². The molecule has 0 spiro atoms. The van der Waals surface area contributed by atoms with E-state index in [2.05, 4.69) is 5.32 Å². The van der Waals surface area contributed by atoms with E-state index in [1.165, 1.54) is 0 Å². The normalized spacial score (nSPS) is 12.3. The fourth-order valence-corrected chi connectivity index (χ4v) is 1.34. The van der Waals surface area contributed by atoms with Gasteiger partial charge in [0.2, 0.25) is 0 Å². The van der Waals surface area contributed by atoms with Gasteiger partial charge in [-0.25, -0.2) is 0 Å². The molecule has 0 radical (unpaired) electrons. The van der Waals surface area contributed by atoms with Gasteiger partial charge in [0.25, 0.3) is 5.91 Å². The molecule has 1 atom stereocenters. The lowest BCUT2D eigenvalue weighted by Crippen LogP contribution is -2.35. The Labute approximate surface area is 90.1 Å². The smallest absolute Gasteiger partial charge is 0.251 e. The van der Waals surface area contributed by atoms with Gasteiger partial charge in [-0.3, -0.25) is 4.79 Å². The van der Waals surface area contributed by atoms with Crippen LogP contribution in [0.3, 0.4) is 0 Å². The predicted molar refractivity (Wildman–Crippen MR) is 59.9 cm³/mol. The Morgan fingerprint density at radius 3 is 2.73 bits per heavy atom. The first-order valence-electron chi connectivity index (χ1n) is 5.04. The summed E-state index contributed by atoms with van der Waals surface area (Å²) in [5.41, 5.74) is 2.76. The van der Waals surface area contributed by atoms with Gasteiger partial charge in [0, 0.05) is 11.6 Å². The maximum absolute atomic E-state index is 11.8. The van der Waals surface area contributed by atoms with Gasteiger partial charge in [-0.05, 0) is 38.0 Å². The molecule has 0 aromatic heterocycles. The molecule has 82 valence electrons. The van der Waals surface area contributed by atoms with Crippen LogP contribution in [0.4, 0.5) is 0 Å². The van der Waals surface area contributed by atoms with Crippen molar-refractivity contribution in [2.75, 3.05) is 6.61 Å². The molecule has 0 aliphatic carbocycles. The van der Waals surface area contributed by atoms with E-state index in [0.29, 0.717) is 5.56 Å². The van der Waals surface area contributed by atoms with Crippen molar-refractivity contribution >= 4 is 5.91 Å². The molecule has 3 heteroatoms. The van der Waals surface area contributed by atoms with Crippen molar-refractivity contribution in [2.45, 2.75) is 26.8 Å². The van der Waals surface area contributed by atoms with E-state index in [4.69, 9.17) is 5.11 Å². The third-order valence-corrected chi connectivity index (χ3v) is 2.50. The molecular weight excluding hydrogens is 190 g/mol. The summed E-state index contributed by atoms with van der Waals surface area (Å²) in [5.74, 6) is -0.127. The molecule has 0 unspecified atom stereocenters. The van der Waals surface area contributed by atoms with Crippen molar-refractivity contribution in [2.24, 2.45) is 0 Å². The van der Waals surface area contributed by atoms with E-state index >= 15 is 0 Å². The Kier molecular flexibility index (Phi) is 3.86. The van der Waals surface area contributed by atoms with Gasteiger partial charge in [0.05, 0.1) is 6.61 Å². The van der Waals surface area contributed by atoms with E-state index < -0.39 is 0 Å². The molecule has 0 aliphatic rings. The molecule has 1 amide bonds. The van der Waals surface area contributed by atoms with Gasteiger partial charge in [-0.15, -0.1) is 0 Å². The molecule has 15 heavy (non-hydrogen) atoms. The Balaban J connectivity index is 2.87. The lowest BCUT2D eigenvalue weighted by molar-refractivity contribution is 0.0921. The van der Waals surface area contributed by atoms with Crippen LogP contribution in [-0.2, 0) is 0 Å². The molecule has 2 N–H and O–H groups in total. The molecule has 0 aliphatic heterocycles. The minimum atomic E-state index is -0.211. The Morgan fingerprint density at radius 1 is 1.47 bits per heavy atom. The minimum absolute atomic E-state index is 0.0450. The van der Waals surface area contributed by atoms with Crippen LogP contribution in [0, 0.1) is 13.8 Å². The minimum Gasteiger partial charge on any atom is -0.394 e. The maximum Gasteiger partial charge on any atom is 0.251 e. The second kappa shape index (κ2) is 4.94. The highest BCUT2D eigenvalue weighted by atomic mass is 16.3. The number of amides is 1. The van der Waals surface area contributed by atoms with Crippen molar-refractivity contribution in [3.8, 4) is 0 Å². The zero-order chi connectivity index (χ0) is 11.4. The number of aliphatic hydroxyl groups is 1. The summed E-state index contributed by atoms with van der Waals surface area (Å²) in [6.45, 7) is 5.62. The number of rotatable bonds is 3. The quantitative estimate of drug-likeness (QED) is 0.787. The van der Waals surface area contributed by atoms with Crippen molar-refractivity contribution < 1.29 is 9.90 Å². The third-order valence-electron chi connectivity index (χ3n) is 2.50. The first kappa shape index (κ1) is 11.7. The first-order valence-corrected chi connectivity index (χ1v) is 5.04. The van der Waals surface area contributed by atoms with E-state index in [9.17, 15) is 4.79 Å². The average Bonchev–Trinajstić information content (AvgIpc) is 2.21. The highest BCUT2D eigenvalue weighted by Gasteiger charge is 2.11. The van der Waals surface area contributed by atoms with Crippen LogP contribution < -0.4 is 5.32 Å². The molecule has 0 saturated carbocycles. The van der Waals surface area contributed by atoms with Crippen LogP contribution >= 0.6 is 0 Å². The highest BCUT2D eigenvalue weighted by Crippen LogP contribution is 2.12. The molecule has 0 fully saturated rings. The van der Waals surface area contributed by atoms with E-state index in [-0.39, 0.29) is 18.6 Å². The third kappa shape index (κ3) is 2.80. The SMILES string of the molecule is Cc1cccc(C(=O)N[C@@H](C)CO)c1C. The Bertz CT molecular complexity index is 361. The second-order valence-electron chi connectivity index (χ2n) is 3.80. The van der Waals surface area contributed by atoms with Crippen LogP contribution in [0.15, 0.2) is 18.2 Å². The second-order valence-corrected chi connectivity index (χ2v) is 3.80. The molecule has 1 aromatic rings. The van der Waals surface area contributed by atoms with Gasteiger partial charge in [-0.1, -0.05) is 12.1 Å². The largest absolute Gasteiger partial charge is 0.394 e. The number of aryl methyl sites for hydroxylation is 1. The summed E-state index contributed by atoms with van der Waals surface area (Å²) in [6, 6.07) is 5.42. The fourth-order valence-electron chi connectivity index (χ4n) is 1.34. The average molecular weight is 207 g/mol. The number of benzene rings is 1. The monoisotopic (exact) mass is 207 g/mol. The molecular formula is C12H17NO2. The van der Waals surface area contributed by atoms with Crippen LogP contribution in [0.1, 0.15) is 28.4 Å². The van der Waals surface area contributed by atoms with Crippen LogP contribution in [-0.4, -0.2) is 23.7 Å². The number of hydrogen-bond donors (Lipinski definition) is 2. The van der Waals surface area contributed by atoms with Crippen LogP contribution in [0.5, 0.6) is 0 Å². The molecule has 0 saturated heterocycles. The van der Waals surface area contributed by atoms with Crippen LogP contribution in [0.2, 0.25) is 0 Å². The zero-order valence-electron chi connectivity index (χ0n) is 9.37. The summed E-state index contributed by atoms with van der Waals surface area (Å²) >= 11 is 0. The molecule has 1 rings (SSSR count). The lowest BCUT2D eigenvalue weighted by Gasteiger charge is -2.13. The molecule has 0 bridgehead atoms. The number of nitrogens with one attached hydrogen (secondary N) is 1. The lowest BCUT2D eigenvalue weighted by atomic mass is 10.0. The summed E-state index contributed by atoms with van der Waals surface area (Å²) in [4.78, 5) is 11.8. The Hall–Kier alpha value is -1.35. The molecule has 3 nitrogen and oxygen atoms in total. The standard InChI is InChI=1S/C12H17NO2/c1-8-5-4-6-11(10(8)3)12(15)13-9(2)7-14/h4-6,9,14H,7H2,1-3H3,(H,13,15)/t9-/m0/s1. The number of carbonyl (C=O) groups excluding carboxylic acids is 1. The predicted octanol–water partition coefficient (Wildman–Crippen LogP) is 1.41. The first-order chi connectivity index (χ1) is 7.06. The summed E-state index contributed by atoms with van der Waals surface area (Å²) in [6.07, 6.45) is 0. The zero-order valence-corrected chi connectivity index (χ0v) is 9.37. The van der Waals surface area contributed by atoms with Crippen LogP contribution in [0.25, 0.3) is 0 Å². The fraction of sp³-hybridized carbons (Fsp3) is 0.417. The summed E-state index contributed by atoms with van der Waals surface area (Å²) < 4.78 is 0. The molecule has 1 aromatic carbocycles. The number of hydrogen-bond acceptors (Lipinski definition) is 2. The van der Waals surface area contributed by atoms with Crippen molar-refractivity contribution in [1.82, 2.24) is 5.32 Å². The molecule has 0 heterocycles. The van der Waals surface area contributed by atoms with Gasteiger partial charge in [-0.2, -0.15) is 0 Å². The van der Waals surface area contributed by atoms with E-state index in [1.807, 2.05) is 26.0 Å². The summed E-state index contributed by atoms with van der Waals surface area (Å²) in [7, 11) is 0. The number of aliphatic hydroxyl groups excluding tert-OH is 1. The topological polar surface area (TPSA) is 49.3 Å².